The number of rotatable bonds is 3. The molecule has 1 atom stereocenters. The number of phenolic OH excluding ortho intramolecular Hbond substituents is 1. The van der Waals surface area contributed by atoms with Gasteiger partial charge in [-0.1, -0.05) is 51.1 Å². The van der Waals surface area contributed by atoms with Crippen LogP contribution in [0.1, 0.15) is 49.1 Å². The van der Waals surface area contributed by atoms with Gasteiger partial charge in [-0.2, -0.15) is 0 Å². The van der Waals surface area contributed by atoms with Gasteiger partial charge in [-0.3, -0.25) is 14.5 Å². The molecule has 1 aliphatic rings. The topological polar surface area (TPSA) is 77.8 Å². The first-order valence-electron chi connectivity index (χ1n) is 11.0. The smallest absolute Gasteiger partial charge is 0.300 e. The Morgan fingerprint density at radius 3 is 2.32 bits per heavy atom. The molecule has 34 heavy (non-hydrogen) atoms. The average molecular weight is 460 g/mol. The summed E-state index contributed by atoms with van der Waals surface area (Å²) in [6, 6.07) is 16.1. The van der Waals surface area contributed by atoms with Crippen LogP contribution < -0.4 is 4.90 Å². The number of ketones is 1. The molecule has 0 radical (unpaired) electrons. The Morgan fingerprint density at radius 2 is 1.68 bits per heavy atom. The molecule has 1 aliphatic heterocycles. The zero-order valence-electron chi connectivity index (χ0n) is 19.5. The number of nitrogens with zero attached hydrogens (tertiary/aromatic N) is 1. The maximum atomic E-state index is 14.0. The second kappa shape index (κ2) is 8.45. The number of anilines is 1. The predicted molar refractivity (Wildman–Crippen MR) is 129 cm³/mol. The van der Waals surface area contributed by atoms with E-state index in [1.807, 2.05) is 45.9 Å². The van der Waals surface area contributed by atoms with E-state index >= 15 is 0 Å². The monoisotopic (exact) mass is 459 g/mol. The lowest BCUT2D eigenvalue weighted by atomic mass is 9.84. The van der Waals surface area contributed by atoms with Gasteiger partial charge in [0.05, 0.1) is 11.6 Å². The van der Waals surface area contributed by atoms with Crippen molar-refractivity contribution < 1.29 is 24.2 Å². The van der Waals surface area contributed by atoms with Crippen molar-refractivity contribution in [2.24, 2.45) is 0 Å². The number of carbonyl (C=O) groups is 2. The van der Waals surface area contributed by atoms with Crippen LogP contribution in [-0.2, 0) is 15.0 Å². The van der Waals surface area contributed by atoms with Crippen LogP contribution in [0.5, 0.6) is 5.75 Å². The molecule has 1 fully saturated rings. The van der Waals surface area contributed by atoms with E-state index in [1.54, 1.807) is 12.1 Å². The van der Waals surface area contributed by atoms with Crippen molar-refractivity contribution in [1.29, 1.82) is 0 Å². The van der Waals surface area contributed by atoms with Gasteiger partial charge in [-0.15, -0.1) is 0 Å². The first-order chi connectivity index (χ1) is 16.0. The quantitative estimate of drug-likeness (QED) is 0.296. The average Bonchev–Trinajstić information content (AvgIpc) is 3.03. The molecule has 0 aliphatic carbocycles. The highest BCUT2D eigenvalue weighted by molar-refractivity contribution is 6.51. The first-order valence-corrected chi connectivity index (χ1v) is 11.0. The van der Waals surface area contributed by atoms with Crippen LogP contribution in [0.25, 0.3) is 5.76 Å². The third-order valence-corrected chi connectivity index (χ3v) is 6.08. The summed E-state index contributed by atoms with van der Waals surface area (Å²) >= 11 is 0. The van der Waals surface area contributed by atoms with Gasteiger partial charge in [-0.05, 0) is 65.4 Å². The van der Waals surface area contributed by atoms with Crippen molar-refractivity contribution >= 4 is 23.1 Å². The lowest BCUT2D eigenvalue weighted by Crippen LogP contribution is -2.29. The highest BCUT2D eigenvalue weighted by atomic mass is 19.1. The Labute approximate surface area is 197 Å². The number of halogens is 1. The Bertz CT molecular complexity index is 1340. The van der Waals surface area contributed by atoms with Crippen molar-refractivity contribution in [2.75, 3.05) is 4.90 Å². The summed E-state index contributed by atoms with van der Waals surface area (Å²) < 4.78 is 14.0. The molecule has 174 valence electrons. The summed E-state index contributed by atoms with van der Waals surface area (Å²) in [5.74, 6) is -2.70. The molecule has 3 aromatic rings. The molecule has 6 heteroatoms. The number of carbonyl (C=O) groups excluding carboxylic acids is 2. The van der Waals surface area contributed by atoms with E-state index in [-0.39, 0.29) is 28.2 Å². The largest absolute Gasteiger partial charge is 0.508 e. The minimum absolute atomic E-state index is 0.0618. The Kier molecular flexibility index (Phi) is 5.77. The number of benzene rings is 3. The molecule has 2 N–H and O–H groups in total. The summed E-state index contributed by atoms with van der Waals surface area (Å²) in [5.41, 5.74) is 2.39. The summed E-state index contributed by atoms with van der Waals surface area (Å²) in [4.78, 5) is 27.6. The number of aryl methyl sites for hydroxylation is 1. The van der Waals surface area contributed by atoms with E-state index < -0.39 is 23.5 Å². The van der Waals surface area contributed by atoms with Crippen LogP contribution in [0.3, 0.4) is 0 Å². The minimum atomic E-state index is -1.05. The van der Waals surface area contributed by atoms with E-state index in [2.05, 4.69) is 0 Å². The van der Waals surface area contributed by atoms with Gasteiger partial charge in [-0.25, -0.2) is 4.39 Å². The van der Waals surface area contributed by atoms with Crippen molar-refractivity contribution in [3.63, 3.8) is 0 Å². The lowest BCUT2D eigenvalue weighted by Gasteiger charge is -2.26. The van der Waals surface area contributed by atoms with Gasteiger partial charge < -0.3 is 10.2 Å². The molecule has 1 heterocycles. The number of aliphatic hydroxyl groups excluding tert-OH is 1. The molecular formula is C28H26FNO4. The molecule has 1 unspecified atom stereocenters. The third-order valence-electron chi connectivity index (χ3n) is 6.08. The molecule has 0 aromatic heterocycles. The molecule has 0 spiro atoms. The number of aromatic hydroxyl groups is 1. The maximum Gasteiger partial charge on any atom is 0.300 e. The van der Waals surface area contributed by atoms with Crippen molar-refractivity contribution in [2.45, 2.75) is 39.2 Å². The molecule has 0 bridgehead atoms. The highest BCUT2D eigenvalue weighted by Gasteiger charge is 2.47. The number of amides is 1. The maximum absolute atomic E-state index is 14.0. The fraction of sp³-hybridized carbons (Fsp3) is 0.214. The minimum Gasteiger partial charge on any atom is -0.508 e. The molecule has 0 saturated carbocycles. The van der Waals surface area contributed by atoms with E-state index in [0.29, 0.717) is 11.1 Å². The van der Waals surface area contributed by atoms with Crippen molar-refractivity contribution in [3.05, 3.63) is 100 Å². The van der Waals surface area contributed by atoms with Crippen molar-refractivity contribution in [3.8, 4) is 5.75 Å². The lowest BCUT2D eigenvalue weighted by molar-refractivity contribution is -0.132. The normalized spacial score (nSPS) is 17.9. The second-order valence-electron chi connectivity index (χ2n) is 9.52. The third kappa shape index (κ3) is 4.07. The van der Waals surface area contributed by atoms with Crippen LogP contribution in [0.15, 0.2) is 72.3 Å². The van der Waals surface area contributed by atoms with Gasteiger partial charge in [0.15, 0.2) is 0 Å². The Morgan fingerprint density at radius 1 is 0.971 bits per heavy atom. The van der Waals surface area contributed by atoms with Crippen LogP contribution in [0, 0.1) is 12.7 Å². The van der Waals surface area contributed by atoms with Crippen molar-refractivity contribution in [1.82, 2.24) is 0 Å². The molecule has 1 amide bonds. The fourth-order valence-electron chi connectivity index (χ4n) is 4.22. The van der Waals surface area contributed by atoms with Crippen LogP contribution >= 0.6 is 0 Å². The molecule has 5 nitrogen and oxygen atoms in total. The summed E-state index contributed by atoms with van der Waals surface area (Å²) in [6.45, 7) is 7.93. The summed E-state index contributed by atoms with van der Waals surface area (Å²) in [5, 5.41) is 21.5. The van der Waals surface area contributed by atoms with Crippen LogP contribution in [0.4, 0.5) is 10.1 Å². The van der Waals surface area contributed by atoms with Gasteiger partial charge in [0.25, 0.3) is 11.7 Å². The van der Waals surface area contributed by atoms with Gasteiger partial charge in [0.2, 0.25) is 0 Å². The number of hydrogen-bond acceptors (Lipinski definition) is 4. The van der Waals surface area contributed by atoms with Gasteiger partial charge >= 0.3 is 0 Å². The Balaban J connectivity index is 2.00. The first kappa shape index (κ1) is 23.2. The van der Waals surface area contributed by atoms with Crippen LogP contribution in [-0.4, -0.2) is 21.9 Å². The van der Waals surface area contributed by atoms with E-state index in [0.717, 1.165) is 22.1 Å². The summed E-state index contributed by atoms with van der Waals surface area (Å²) in [6.07, 6.45) is 0. The highest BCUT2D eigenvalue weighted by Crippen LogP contribution is 2.43. The molecule has 4 rings (SSSR count). The zero-order valence-corrected chi connectivity index (χ0v) is 19.5. The second-order valence-corrected chi connectivity index (χ2v) is 9.52. The van der Waals surface area contributed by atoms with Crippen LogP contribution in [0.2, 0.25) is 0 Å². The SMILES string of the molecule is Cc1ccc(C(C)(C)C)cc1/C(O)=C1\C(=O)C(=O)N(c2cccc(F)c2)C1c1cccc(O)c1. The van der Waals surface area contributed by atoms with Gasteiger partial charge in [0, 0.05) is 11.3 Å². The molecule has 1 saturated heterocycles. The van der Waals surface area contributed by atoms with Gasteiger partial charge in [0.1, 0.15) is 17.3 Å². The zero-order chi connectivity index (χ0) is 24.8. The fourth-order valence-corrected chi connectivity index (χ4v) is 4.22. The Hall–Kier alpha value is -3.93. The number of hydrogen-bond donors (Lipinski definition) is 2. The van der Waals surface area contributed by atoms with E-state index in [9.17, 15) is 24.2 Å². The molecular weight excluding hydrogens is 433 g/mol. The predicted octanol–water partition coefficient (Wildman–Crippen LogP) is 5.76. The van der Waals surface area contributed by atoms with E-state index in [4.69, 9.17) is 0 Å². The number of Topliss-reactive ketones (excluding diaryl/α,β-unsaturated/α-hetero) is 1. The number of phenols is 1. The standard InChI is InChI=1S/C28H26FNO4/c1-16-11-12-18(28(2,3)4)14-22(16)25(32)23-24(17-7-5-10-21(31)13-17)30(27(34)26(23)33)20-9-6-8-19(29)15-20/h5-15,24,31-32H,1-4H3/b25-23+. The number of aliphatic hydroxyl groups is 1. The van der Waals surface area contributed by atoms with E-state index in [1.165, 1.54) is 30.3 Å². The molecule has 3 aromatic carbocycles. The summed E-state index contributed by atoms with van der Waals surface area (Å²) in [7, 11) is 0.